The monoisotopic (exact) mass is 567 g/mol. The van der Waals surface area contributed by atoms with Gasteiger partial charge < -0.3 is 9.80 Å². The number of alkyl halides is 2. The van der Waals surface area contributed by atoms with Crippen LogP contribution in [0.15, 0.2) is 53.9 Å². The minimum atomic E-state index is -4.18. The van der Waals surface area contributed by atoms with Crippen LogP contribution in [0.2, 0.25) is 0 Å². The Morgan fingerprint density at radius 1 is 1.02 bits per heavy atom. The number of benzene rings is 1. The number of anilines is 1. The molecule has 2 unspecified atom stereocenters. The third-order valence-electron chi connectivity index (χ3n) is 8.15. The number of rotatable bonds is 6. The van der Waals surface area contributed by atoms with E-state index in [0.717, 1.165) is 41.4 Å². The number of amides is 1. The zero-order valence-corrected chi connectivity index (χ0v) is 22.5. The fraction of sp³-hybridized carbons (Fsp3) is 0.407. The van der Waals surface area contributed by atoms with Crippen LogP contribution in [0.25, 0.3) is 22.3 Å². The van der Waals surface area contributed by atoms with Gasteiger partial charge >= 0.3 is 6.55 Å². The van der Waals surface area contributed by atoms with Crippen molar-refractivity contribution in [2.45, 2.75) is 56.1 Å². The predicted molar refractivity (Wildman–Crippen MR) is 142 cm³/mol. The van der Waals surface area contributed by atoms with Crippen LogP contribution in [0.1, 0.15) is 37.8 Å². The normalized spacial score (nSPS) is 21.1. The fourth-order valence-corrected chi connectivity index (χ4v) is 7.52. The van der Waals surface area contributed by atoms with Crippen molar-refractivity contribution in [3.8, 4) is 11.3 Å². The van der Waals surface area contributed by atoms with E-state index in [2.05, 4.69) is 24.9 Å². The first kappa shape index (κ1) is 25.1. The Morgan fingerprint density at radius 2 is 1.73 bits per heavy atom. The molecule has 13 heteroatoms. The third-order valence-corrected chi connectivity index (χ3v) is 9.87. The molecule has 3 aromatic heterocycles. The van der Waals surface area contributed by atoms with Crippen LogP contribution in [-0.4, -0.2) is 68.1 Å². The Bertz CT molecular complexity index is 1720. The maximum absolute atomic E-state index is 14.0. The van der Waals surface area contributed by atoms with Gasteiger partial charge in [-0.2, -0.15) is 13.9 Å². The number of hydrogen-bond donors (Lipinski definition) is 0. The van der Waals surface area contributed by atoms with Crippen molar-refractivity contribution < 1.29 is 22.0 Å². The van der Waals surface area contributed by atoms with Crippen molar-refractivity contribution in [1.82, 2.24) is 28.6 Å². The Kier molecular flexibility index (Phi) is 5.70. The van der Waals surface area contributed by atoms with Gasteiger partial charge in [0.25, 0.3) is 10.0 Å². The van der Waals surface area contributed by atoms with Gasteiger partial charge in [0.2, 0.25) is 5.91 Å². The standard InChI is InChI=1S/C27H27F2N7O3S/c1-16-2-8-21(9-3-16)40(38,39)36-23(18-11-32-34(12-18)27(28)29)10-22-24(30-15-31-25(22)36)33-13-19-6-7-20(14-33)35(19)26(37)17-4-5-17/h2-3,8-12,15,17,19-20,27H,4-7,13-14H2,1H3. The first-order valence-corrected chi connectivity index (χ1v) is 14.7. The number of halogens is 2. The molecule has 40 heavy (non-hydrogen) atoms. The van der Waals surface area contributed by atoms with Crippen LogP contribution in [0.3, 0.4) is 0 Å². The van der Waals surface area contributed by atoms with Crippen molar-refractivity contribution >= 4 is 32.8 Å². The average molecular weight is 568 g/mol. The highest BCUT2D eigenvalue weighted by Crippen LogP contribution is 2.41. The molecule has 2 aliphatic heterocycles. The lowest BCUT2D eigenvalue weighted by Gasteiger charge is -2.41. The van der Waals surface area contributed by atoms with E-state index in [1.54, 1.807) is 18.2 Å². The van der Waals surface area contributed by atoms with Gasteiger partial charge in [0.15, 0.2) is 5.65 Å². The molecule has 1 saturated carbocycles. The Labute approximate surface area is 229 Å². The molecule has 0 spiro atoms. The minimum Gasteiger partial charge on any atom is -0.352 e. The van der Waals surface area contributed by atoms with Gasteiger partial charge in [-0.15, -0.1) is 0 Å². The van der Waals surface area contributed by atoms with Crippen LogP contribution in [0.5, 0.6) is 0 Å². The number of fused-ring (bicyclic) bond motifs is 3. The van der Waals surface area contributed by atoms with Crippen molar-refractivity contribution in [2.75, 3.05) is 18.0 Å². The quantitative estimate of drug-likeness (QED) is 0.349. The largest absolute Gasteiger partial charge is 0.352 e. The molecule has 5 heterocycles. The molecule has 3 aliphatic rings. The summed E-state index contributed by atoms with van der Waals surface area (Å²) in [6.07, 6.45) is 7.41. The van der Waals surface area contributed by atoms with E-state index in [1.165, 1.54) is 24.7 Å². The molecule has 2 bridgehead atoms. The molecule has 10 nitrogen and oxygen atoms in total. The van der Waals surface area contributed by atoms with Crippen LogP contribution in [-0.2, 0) is 14.8 Å². The van der Waals surface area contributed by atoms with Gasteiger partial charge in [0, 0.05) is 42.9 Å². The van der Waals surface area contributed by atoms with Crippen LogP contribution < -0.4 is 4.90 Å². The van der Waals surface area contributed by atoms with Crippen molar-refractivity contribution in [3.63, 3.8) is 0 Å². The second kappa shape index (κ2) is 9.08. The van der Waals surface area contributed by atoms with Gasteiger partial charge in [-0.3, -0.25) is 4.79 Å². The summed E-state index contributed by atoms with van der Waals surface area (Å²) >= 11 is 0. The van der Waals surface area contributed by atoms with E-state index >= 15 is 0 Å². The molecule has 1 aromatic carbocycles. The van der Waals surface area contributed by atoms with Gasteiger partial charge in [-0.1, -0.05) is 17.7 Å². The van der Waals surface area contributed by atoms with Gasteiger partial charge in [-0.05, 0) is 50.8 Å². The highest BCUT2D eigenvalue weighted by molar-refractivity contribution is 7.90. The molecule has 3 fully saturated rings. The van der Waals surface area contributed by atoms with E-state index in [4.69, 9.17) is 0 Å². The van der Waals surface area contributed by atoms with Crippen LogP contribution in [0, 0.1) is 12.8 Å². The maximum atomic E-state index is 14.0. The number of carbonyl (C=O) groups is 1. The first-order valence-electron chi connectivity index (χ1n) is 13.3. The molecule has 0 radical (unpaired) electrons. The zero-order chi connectivity index (χ0) is 27.8. The number of nitrogens with zero attached hydrogens (tertiary/aromatic N) is 7. The van der Waals surface area contributed by atoms with Crippen LogP contribution in [0.4, 0.5) is 14.6 Å². The second-order valence-electron chi connectivity index (χ2n) is 10.8. The lowest BCUT2D eigenvalue weighted by Crippen LogP contribution is -2.56. The summed E-state index contributed by atoms with van der Waals surface area (Å²) in [5, 5.41) is 4.21. The topological polar surface area (TPSA) is 106 Å². The maximum Gasteiger partial charge on any atom is 0.333 e. The summed E-state index contributed by atoms with van der Waals surface area (Å²) in [6.45, 7) is 0.141. The minimum absolute atomic E-state index is 0.0449. The molecule has 2 saturated heterocycles. The van der Waals surface area contributed by atoms with Crippen LogP contribution >= 0.6 is 0 Å². The molecule has 2 atom stereocenters. The van der Waals surface area contributed by atoms with Crippen molar-refractivity contribution in [2.24, 2.45) is 5.92 Å². The van der Waals surface area contributed by atoms with E-state index in [0.29, 0.717) is 29.0 Å². The highest BCUT2D eigenvalue weighted by Gasteiger charge is 2.47. The fourth-order valence-electron chi connectivity index (χ4n) is 6.04. The number of aromatic nitrogens is 5. The third kappa shape index (κ3) is 3.97. The smallest absolute Gasteiger partial charge is 0.333 e. The second-order valence-corrected chi connectivity index (χ2v) is 12.6. The van der Waals surface area contributed by atoms with Gasteiger partial charge in [-0.25, -0.2) is 27.0 Å². The van der Waals surface area contributed by atoms with Crippen molar-refractivity contribution in [3.05, 3.63) is 54.6 Å². The number of piperazine rings is 1. The van der Waals surface area contributed by atoms with E-state index in [-0.39, 0.29) is 45.7 Å². The Morgan fingerprint density at radius 3 is 2.35 bits per heavy atom. The van der Waals surface area contributed by atoms with E-state index in [1.807, 2.05) is 6.92 Å². The molecule has 7 rings (SSSR count). The molecule has 1 amide bonds. The van der Waals surface area contributed by atoms with Gasteiger partial charge in [0.05, 0.1) is 22.2 Å². The summed E-state index contributed by atoms with van der Waals surface area (Å²) in [6, 6.07) is 8.19. The lowest BCUT2D eigenvalue weighted by atomic mass is 10.1. The number of hydrogen-bond acceptors (Lipinski definition) is 7. The zero-order valence-electron chi connectivity index (χ0n) is 21.7. The average Bonchev–Trinajstić information content (AvgIpc) is 3.42. The number of aryl methyl sites for hydroxylation is 1. The highest BCUT2D eigenvalue weighted by atomic mass is 32.2. The Balaban J connectivity index is 1.36. The Hall–Kier alpha value is -3.87. The summed E-state index contributed by atoms with van der Waals surface area (Å²) in [7, 11) is -4.18. The molecule has 4 aromatic rings. The predicted octanol–water partition coefficient (Wildman–Crippen LogP) is 3.82. The first-order chi connectivity index (χ1) is 19.2. The summed E-state index contributed by atoms with van der Waals surface area (Å²) < 4.78 is 56.4. The van der Waals surface area contributed by atoms with Crippen molar-refractivity contribution in [1.29, 1.82) is 0 Å². The SMILES string of the molecule is Cc1ccc(S(=O)(=O)n2c(-c3cnn(C(F)F)c3)cc3c(N4CC5CCC(C4)N5C(=O)C4CC4)ncnc32)cc1. The summed E-state index contributed by atoms with van der Waals surface area (Å²) in [5.41, 5.74) is 1.41. The molecule has 208 valence electrons. The summed E-state index contributed by atoms with van der Waals surface area (Å²) in [4.78, 5) is 26.1. The van der Waals surface area contributed by atoms with Gasteiger partial charge in [0.1, 0.15) is 12.1 Å². The molecular formula is C27H27F2N7O3S. The molecule has 0 N–H and O–H groups in total. The lowest BCUT2D eigenvalue weighted by molar-refractivity contribution is -0.135. The summed E-state index contributed by atoms with van der Waals surface area (Å²) in [5.74, 6) is 0.951. The molecular weight excluding hydrogens is 540 g/mol. The van der Waals surface area contributed by atoms with E-state index in [9.17, 15) is 22.0 Å². The number of carbonyl (C=O) groups excluding carboxylic acids is 1. The van der Waals surface area contributed by atoms with E-state index < -0.39 is 16.6 Å². The molecule has 1 aliphatic carbocycles.